The van der Waals surface area contributed by atoms with Crippen molar-refractivity contribution in [3.8, 4) is 0 Å². The number of thiophene rings is 1. The van der Waals surface area contributed by atoms with E-state index in [0.29, 0.717) is 5.56 Å². The molecule has 2 rings (SSSR count). The fraction of sp³-hybridized carbons (Fsp3) is 0.556. The van der Waals surface area contributed by atoms with Crippen LogP contribution in [0.1, 0.15) is 12.0 Å². The molecule has 2 heterocycles. The van der Waals surface area contributed by atoms with Crippen molar-refractivity contribution in [3.05, 3.63) is 17.0 Å². The lowest BCUT2D eigenvalue weighted by Crippen LogP contribution is -2.34. The number of aliphatic hydroxyl groups is 1. The van der Waals surface area contributed by atoms with Crippen LogP contribution in [0.3, 0.4) is 0 Å². The van der Waals surface area contributed by atoms with E-state index in [1.165, 1.54) is 6.07 Å². The second-order valence-electron chi connectivity index (χ2n) is 3.61. The predicted molar refractivity (Wildman–Crippen MR) is 66.3 cm³/mol. The van der Waals surface area contributed by atoms with Crippen molar-refractivity contribution >= 4 is 33.1 Å². The minimum absolute atomic E-state index is 0.0506. The van der Waals surface area contributed by atoms with Crippen LogP contribution in [0.4, 0.5) is 0 Å². The molecular formula is C9H13NO3S3. The molecule has 0 aliphatic carbocycles. The standard InChI is InChI=1S/C9H13NO3S3/c11-4-7-3-9(15-5-7)16(12,13)10-8-1-2-14-6-8/h3,5,8,10-11H,1-2,4,6H2. The third kappa shape index (κ3) is 2.78. The van der Waals surface area contributed by atoms with Gasteiger partial charge in [0.1, 0.15) is 4.21 Å². The lowest BCUT2D eigenvalue weighted by Gasteiger charge is -2.10. The average Bonchev–Trinajstić information content (AvgIpc) is 2.85. The number of hydrogen-bond acceptors (Lipinski definition) is 5. The maximum Gasteiger partial charge on any atom is 0.250 e. The molecule has 16 heavy (non-hydrogen) atoms. The quantitative estimate of drug-likeness (QED) is 0.864. The highest BCUT2D eigenvalue weighted by atomic mass is 32.2. The summed E-state index contributed by atoms with van der Waals surface area (Å²) in [5.74, 6) is 1.86. The number of rotatable bonds is 4. The zero-order chi connectivity index (χ0) is 11.6. The maximum atomic E-state index is 11.9. The van der Waals surface area contributed by atoms with Crippen LogP contribution in [0.25, 0.3) is 0 Å². The zero-order valence-corrected chi connectivity index (χ0v) is 11.0. The lowest BCUT2D eigenvalue weighted by atomic mass is 10.3. The van der Waals surface area contributed by atoms with Gasteiger partial charge in [-0.2, -0.15) is 11.8 Å². The van der Waals surface area contributed by atoms with E-state index in [2.05, 4.69) is 4.72 Å². The fourth-order valence-electron chi connectivity index (χ4n) is 1.48. The molecule has 1 aliphatic heterocycles. The van der Waals surface area contributed by atoms with Crippen molar-refractivity contribution in [1.29, 1.82) is 0 Å². The van der Waals surface area contributed by atoms with Gasteiger partial charge in [0.25, 0.3) is 0 Å². The summed E-state index contributed by atoms with van der Waals surface area (Å²) >= 11 is 2.91. The molecule has 1 atom stereocenters. The van der Waals surface area contributed by atoms with E-state index in [0.717, 1.165) is 29.3 Å². The molecule has 1 aromatic heterocycles. The van der Waals surface area contributed by atoms with E-state index in [-0.39, 0.29) is 16.9 Å². The highest BCUT2D eigenvalue weighted by Gasteiger charge is 2.24. The monoisotopic (exact) mass is 279 g/mol. The molecule has 0 radical (unpaired) electrons. The Balaban J connectivity index is 2.11. The van der Waals surface area contributed by atoms with Gasteiger partial charge in [0.15, 0.2) is 0 Å². The van der Waals surface area contributed by atoms with Gasteiger partial charge < -0.3 is 5.11 Å². The Morgan fingerprint density at radius 2 is 2.38 bits per heavy atom. The third-order valence-corrected chi connectivity index (χ3v) is 6.50. The van der Waals surface area contributed by atoms with Crippen molar-refractivity contribution in [2.45, 2.75) is 23.3 Å². The van der Waals surface area contributed by atoms with Crippen molar-refractivity contribution in [1.82, 2.24) is 4.72 Å². The van der Waals surface area contributed by atoms with E-state index in [1.54, 1.807) is 17.1 Å². The summed E-state index contributed by atoms with van der Waals surface area (Å²) in [5, 5.41) is 10.6. The predicted octanol–water partition coefficient (Wildman–Crippen LogP) is 1.02. The second-order valence-corrected chi connectivity index (χ2v) is 7.62. The smallest absolute Gasteiger partial charge is 0.250 e. The first-order valence-electron chi connectivity index (χ1n) is 4.90. The van der Waals surface area contributed by atoms with Crippen molar-refractivity contribution in [2.75, 3.05) is 11.5 Å². The van der Waals surface area contributed by atoms with E-state index in [9.17, 15) is 8.42 Å². The minimum Gasteiger partial charge on any atom is -0.392 e. The molecule has 1 aromatic rings. The van der Waals surface area contributed by atoms with Crippen LogP contribution in [0.2, 0.25) is 0 Å². The molecule has 4 nitrogen and oxygen atoms in total. The molecule has 2 N–H and O–H groups in total. The molecule has 0 amide bonds. The van der Waals surface area contributed by atoms with Crippen LogP contribution in [-0.4, -0.2) is 31.1 Å². The summed E-state index contributed by atoms with van der Waals surface area (Å²) in [7, 11) is -3.39. The second kappa shape index (κ2) is 5.05. The van der Waals surface area contributed by atoms with E-state index in [4.69, 9.17) is 5.11 Å². The van der Waals surface area contributed by atoms with Gasteiger partial charge in [-0.15, -0.1) is 11.3 Å². The number of sulfonamides is 1. The average molecular weight is 279 g/mol. The van der Waals surface area contributed by atoms with Crippen LogP contribution < -0.4 is 4.72 Å². The Hall–Kier alpha value is -0.0800. The fourth-order valence-corrected chi connectivity index (χ4v) is 5.23. The van der Waals surface area contributed by atoms with Crippen LogP contribution in [0, 0.1) is 0 Å². The summed E-state index contributed by atoms with van der Waals surface area (Å²) in [4.78, 5) is 0. The Bertz CT molecular complexity index is 448. The molecule has 0 bridgehead atoms. The first-order valence-corrected chi connectivity index (χ1v) is 8.42. The lowest BCUT2D eigenvalue weighted by molar-refractivity contribution is 0.282. The van der Waals surface area contributed by atoms with Gasteiger partial charge in [0, 0.05) is 11.8 Å². The number of aliphatic hydroxyl groups excluding tert-OH is 1. The SMILES string of the molecule is O=S(=O)(NC1CCSC1)c1cc(CO)cs1. The van der Waals surface area contributed by atoms with Gasteiger partial charge in [-0.05, 0) is 29.2 Å². The summed E-state index contributed by atoms with van der Waals surface area (Å²) in [6.45, 7) is -0.120. The van der Waals surface area contributed by atoms with Gasteiger partial charge in [0.05, 0.1) is 6.61 Å². The molecule has 7 heteroatoms. The summed E-state index contributed by atoms with van der Waals surface area (Å²) < 4.78 is 26.8. The third-order valence-electron chi connectivity index (χ3n) is 2.33. The largest absolute Gasteiger partial charge is 0.392 e. The van der Waals surface area contributed by atoms with E-state index < -0.39 is 10.0 Å². The van der Waals surface area contributed by atoms with Crippen LogP contribution >= 0.6 is 23.1 Å². The van der Waals surface area contributed by atoms with Crippen LogP contribution in [-0.2, 0) is 16.6 Å². The highest BCUT2D eigenvalue weighted by Crippen LogP contribution is 2.23. The molecular weight excluding hydrogens is 266 g/mol. The van der Waals surface area contributed by atoms with Gasteiger partial charge in [-0.25, -0.2) is 13.1 Å². The van der Waals surface area contributed by atoms with Gasteiger partial charge in [0.2, 0.25) is 10.0 Å². The molecule has 1 fully saturated rings. The zero-order valence-electron chi connectivity index (χ0n) is 8.55. The van der Waals surface area contributed by atoms with Crippen molar-refractivity contribution < 1.29 is 13.5 Å². The Labute approximate surface area is 103 Å². The molecule has 0 spiro atoms. The van der Waals surface area contributed by atoms with Crippen molar-refractivity contribution in [3.63, 3.8) is 0 Å². The normalized spacial score (nSPS) is 21.4. The topological polar surface area (TPSA) is 66.4 Å². The van der Waals surface area contributed by atoms with Gasteiger partial charge >= 0.3 is 0 Å². The minimum atomic E-state index is -3.39. The number of hydrogen-bond donors (Lipinski definition) is 2. The summed E-state index contributed by atoms with van der Waals surface area (Å²) in [6, 6.07) is 1.57. The van der Waals surface area contributed by atoms with Crippen molar-refractivity contribution in [2.24, 2.45) is 0 Å². The first-order chi connectivity index (χ1) is 7.62. The molecule has 1 saturated heterocycles. The number of nitrogens with one attached hydrogen (secondary N) is 1. The van der Waals surface area contributed by atoms with Crippen LogP contribution in [0.15, 0.2) is 15.7 Å². The first kappa shape index (κ1) is 12.4. The maximum absolute atomic E-state index is 11.9. The molecule has 0 aromatic carbocycles. The van der Waals surface area contributed by atoms with E-state index in [1.807, 2.05) is 0 Å². The van der Waals surface area contributed by atoms with Gasteiger partial charge in [-0.3, -0.25) is 0 Å². The molecule has 90 valence electrons. The Kier molecular flexibility index (Phi) is 3.91. The number of thioether (sulfide) groups is 1. The molecule has 0 saturated carbocycles. The molecule has 1 unspecified atom stereocenters. The summed E-state index contributed by atoms with van der Waals surface area (Å²) in [5.41, 5.74) is 0.645. The van der Waals surface area contributed by atoms with Crippen LogP contribution in [0.5, 0.6) is 0 Å². The van der Waals surface area contributed by atoms with Gasteiger partial charge in [-0.1, -0.05) is 0 Å². The molecule has 1 aliphatic rings. The highest BCUT2D eigenvalue weighted by molar-refractivity contribution is 7.99. The van der Waals surface area contributed by atoms with E-state index >= 15 is 0 Å². The Morgan fingerprint density at radius 3 is 2.94 bits per heavy atom. The summed E-state index contributed by atoms with van der Waals surface area (Å²) in [6.07, 6.45) is 0.891. The Morgan fingerprint density at radius 1 is 1.56 bits per heavy atom.